The molecule has 1 heterocycles. The van der Waals surface area contributed by atoms with Crippen molar-refractivity contribution in [1.29, 1.82) is 0 Å². The van der Waals surface area contributed by atoms with Crippen molar-refractivity contribution in [1.82, 2.24) is 4.90 Å². The van der Waals surface area contributed by atoms with Gasteiger partial charge in [0.1, 0.15) is 5.75 Å². The van der Waals surface area contributed by atoms with Gasteiger partial charge in [-0.2, -0.15) is 0 Å². The first-order valence-corrected chi connectivity index (χ1v) is 8.23. The third-order valence-corrected chi connectivity index (χ3v) is 5.36. The van der Waals surface area contributed by atoms with Gasteiger partial charge < -0.3 is 14.7 Å². The summed E-state index contributed by atoms with van der Waals surface area (Å²) in [5.41, 5.74) is -0.0740. The summed E-state index contributed by atoms with van der Waals surface area (Å²) in [7, 11) is 0. The van der Waals surface area contributed by atoms with E-state index in [-0.39, 0.29) is 17.2 Å². The van der Waals surface area contributed by atoms with Gasteiger partial charge in [0.2, 0.25) is 0 Å². The van der Waals surface area contributed by atoms with Crippen LogP contribution in [0.15, 0.2) is 24.3 Å². The molecule has 2 aliphatic rings. The molecule has 1 aliphatic heterocycles. The standard InChI is InChI=1S/C17H20ClNO4/c1-11(23-14-5-3-2-4-13(14)18)15(20)19-8-6-17(7-9-19)10-12(17)16(21)22/h2-5,11-12H,6-10H2,1H3,(H,21,22). The average molecular weight is 338 g/mol. The molecule has 124 valence electrons. The highest BCUT2D eigenvalue weighted by molar-refractivity contribution is 6.32. The summed E-state index contributed by atoms with van der Waals surface area (Å²) >= 11 is 6.04. The summed E-state index contributed by atoms with van der Waals surface area (Å²) in [5, 5.41) is 9.59. The van der Waals surface area contributed by atoms with Crippen LogP contribution in [0.1, 0.15) is 26.2 Å². The maximum atomic E-state index is 12.5. The highest BCUT2D eigenvalue weighted by Crippen LogP contribution is 2.59. The summed E-state index contributed by atoms with van der Waals surface area (Å²) in [4.78, 5) is 25.4. The number of nitrogens with zero attached hydrogens (tertiary/aromatic N) is 1. The zero-order chi connectivity index (χ0) is 16.6. The van der Waals surface area contributed by atoms with Crippen molar-refractivity contribution in [2.75, 3.05) is 13.1 Å². The predicted molar refractivity (Wildman–Crippen MR) is 85.5 cm³/mol. The van der Waals surface area contributed by atoms with Gasteiger partial charge in [0, 0.05) is 13.1 Å². The smallest absolute Gasteiger partial charge is 0.307 e. The summed E-state index contributed by atoms with van der Waals surface area (Å²) < 4.78 is 5.67. The third-order valence-electron chi connectivity index (χ3n) is 5.05. The molecule has 1 N–H and O–H groups in total. The lowest BCUT2D eigenvalue weighted by molar-refractivity contribution is -0.141. The normalized spacial score (nSPS) is 23.4. The highest BCUT2D eigenvalue weighted by atomic mass is 35.5. The molecular formula is C17H20ClNO4. The number of carboxylic acids is 1. The largest absolute Gasteiger partial charge is 0.481 e. The molecule has 1 aromatic carbocycles. The van der Waals surface area contributed by atoms with E-state index in [0.29, 0.717) is 23.9 Å². The van der Waals surface area contributed by atoms with E-state index in [1.54, 1.807) is 30.0 Å². The number of carboxylic acid groups (broad SMARTS) is 1. The molecule has 1 spiro atoms. The van der Waals surface area contributed by atoms with Gasteiger partial charge in [-0.1, -0.05) is 23.7 Å². The number of carbonyl (C=O) groups is 2. The molecule has 2 unspecified atom stereocenters. The van der Waals surface area contributed by atoms with Crippen LogP contribution in [0.5, 0.6) is 5.75 Å². The molecule has 5 nitrogen and oxygen atoms in total. The number of benzene rings is 1. The molecule has 1 aromatic rings. The number of aliphatic carboxylic acids is 1. The maximum absolute atomic E-state index is 12.5. The lowest BCUT2D eigenvalue weighted by Crippen LogP contribution is -2.45. The van der Waals surface area contributed by atoms with Crippen molar-refractivity contribution < 1.29 is 19.4 Å². The molecule has 1 saturated carbocycles. The monoisotopic (exact) mass is 337 g/mol. The molecule has 6 heteroatoms. The Hall–Kier alpha value is -1.75. The molecular weight excluding hydrogens is 318 g/mol. The van der Waals surface area contributed by atoms with E-state index in [4.69, 9.17) is 21.4 Å². The van der Waals surface area contributed by atoms with Crippen LogP contribution in [0.25, 0.3) is 0 Å². The van der Waals surface area contributed by atoms with E-state index >= 15 is 0 Å². The Labute approximate surface area is 140 Å². The van der Waals surface area contributed by atoms with Crippen LogP contribution >= 0.6 is 11.6 Å². The molecule has 2 fully saturated rings. The van der Waals surface area contributed by atoms with Gasteiger partial charge in [0.25, 0.3) is 5.91 Å². The van der Waals surface area contributed by atoms with Crippen LogP contribution in [0.3, 0.4) is 0 Å². The Kier molecular flexibility index (Phi) is 4.23. The van der Waals surface area contributed by atoms with Crippen molar-refractivity contribution in [3.63, 3.8) is 0 Å². The fraction of sp³-hybridized carbons (Fsp3) is 0.529. The number of rotatable bonds is 4. The quantitative estimate of drug-likeness (QED) is 0.917. The first-order valence-electron chi connectivity index (χ1n) is 7.86. The van der Waals surface area contributed by atoms with Crippen molar-refractivity contribution >= 4 is 23.5 Å². The van der Waals surface area contributed by atoms with E-state index in [2.05, 4.69) is 0 Å². The molecule has 2 atom stereocenters. The van der Waals surface area contributed by atoms with Gasteiger partial charge in [-0.25, -0.2) is 0 Å². The first-order chi connectivity index (χ1) is 10.9. The molecule has 1 saturated heterocycles. The number of hydrogen-bond acceptors (Lipinski definition) is 3. The number of likely N-dealkylation sites (tertiary alicyclic amines) is 1. The van der Waals surface area contributed by atoms with Crippen LogP contribution in [-0.4, -0.2) is 41.1 Å². The number of amides is 1. The van der Waals surface area contributed by atoms with Crippen LogP contribution in [0.4, 0.5) is 0 Å². The van der Waals surface area contributed by atoms with E-state index < -0.39 is 12.1 Å². The lowest BCUT2D eigenvalue weighted by Gasteiger charge is -2.34. The van der Waals surface area contributed by atoms with Crippen molar-refractivity contribution in [3.05, 3.63) is 29.3 Å². The number of ether oxygens (including phenoxy) is 1. The summed E-state index contributed by atoms with van der Waals surface area (Å²) in [6.07, 6.45) is 1.65. The Morgan fingerprint density at radius 2 is 2.00 bits per heavy atom. The number of para-hydroxylation sites is 1. The second-order valence-electron chi connectivity index (χ2n) is 6.47. The lowest BCUT2D eigenvalue weighted by atomic mass is 9.90. The predicted octanol–water partition coefficient (Wildman–Crippen LogP) is 2.82. The SMILES string of the molecule is CC(Oc1ccccc1Cl)C(=O)N1CCC2(CC1)CC2C(=O)O. The zero-order valence-corrected chi connectivity index (χ0v) is 13.8. The van der Waals surface area contributed by atoms with Crippen molar-refractivity contribution in [3.8, 4) is 5.75 Å². The number of carbonyl (C=O) groups excluding carboxylic acids is 1. The van der Waals surface area contributed by atoms with Crippen LogP contribution in [-0.2, 0) is 9.59 Å². The van der Waals surface area contributed by atoms with Gasteiger partial charge >= 0.3 is 5.97 Å². The number of piperidine rings is 1. The average Bonchev–Trinajstić information content (AvgIpc) is 3.23. The molecule has 0 bridgehead atoms. The number of halogens is 1. The zero-order valence-electron chi connectivity index (χ0n) is 13.0. The van der Waals surface area contributed by atoms with Gasteiger partial charge in [0.05, 0.1) is 10.9 Å². The minimum Gasteiger partial charge on any atom is -0.481 e. The number of hydrogen-bond donors (Lipinski definition) is 1. The Morgan fingerprint density at radius 1 is 1.35 bits per heavy atom. The van der Waals surface area contributed by atoms with Crippen LogP contribution in [0.2, 0.25) is 5.02 Å². The van der Waals surface area contributed by atoms with Crippen molar-refractivity contribution in [2.24, 2.45) is 11.3 Å². The summed E-state index contributed by atoms with van der Waals surface area (Å²) in [6.45, 7) is 2.91. The second-order valence-corrected chi connectivity index (χ2v) is 6.88. The molecule has 0 radical (unpaired) electrons. The second kappa shape index (κ2) is 6.04. The Morgan fingerprint density at radius 3 is 2.57 bits per heavy atom. The Bertz CT molecular complexity index is 625. The summed E-state index contributed by atoms with van der Waals surface area (Å²) in [5.74, 6) is -0.513. The highest BCUT2D eigenvalue weighted by Gasteiger charge is 2.59. The minimum absolute atomic E-state index is 0.0740. The van der Waals surface area contributed by atoms with E-state index in [0.717, 1.165) is 19.3 Å². The third kappa shape index (κ3) is 3.15. The molecule has 0 aromatic heterocycles. The molecule has 23 heavy (non-hydrogen) atoms. The van der Waals surface area contributed by atoms with E-state index in [9.17, 15) is 9.59 Å². The minimum atomic E-state index is -0.708. The van der Waals surface area contributed by atoms with Crippen LogP contribution < -0.4 is 4.74 Å². The Balaban J connectivity index is 1.55. The molecule has 1 aliphatic carbocycles. The van der Waals surface area contributed by atoms with E-state index in [1.165, 1.54) is 0 Å². The first kappa shape index (κ1) is 16.1. The van der Waals surface area contributed by atoms with E-state index in [1.807, 2.05) is 6.07 Å². The van der Waals surface area contributed by atoms with Crippen LogP contribution in [0, 0.1) is 11.3 Å². The fourth-order valence-corrected chi connectivity index (χ4v) is 3.64. The van der Waals surface area contributed by atoms with Gasteiger partial charge in [-0.15, -0.1) is 0 Å². The topological polar surface area (TPSA) is 66.8 Å². The molecule has 1 amide bonds. The summed E-state index contributed by atoms with van der Waals surface area (Å²) in [6, 6.07) is 7.07. The molecule has 3 rings (SSSR count). The fourth-order valence-electron chi connectivity index (χ4n) is 3.46. The maximum Gasteiger partial charge on any atom is 0.307 e. The van der Waals surface area contributed by atoms with Gasteiger partial charge in [-0.05, 0) is 43.7 Å². The van der Waals surface area contributed by atoms with Gasteiger partial charge in [0.15, 0.2) is 6.10 Å². The van der Waals surface area contributed by atoms with Crippen molar-refractivity contribution in [2.45, 2.75) is 32.3 Å². The van der Waals surface area contributed by atoms with Gasteiger partial charge in [-0.3, -0.25) is 9.59 Å².